The lowest BCUT2D eigenvalue weighted by atomic mass is 9.86. The molecule has 21 heavy (non-hydrogen) atoms. The van der Waals surface area contributed by atoms with Crippen LogP contribution in [0.5, 0.6) is 0 Å². The van der Waals surface area contributed by atoms with Gasteiger partial charge in [0.15, 0.2) is 0 Å². The van der Waals surface area contributed by atoms with E-state index < -0.39 is 11.7 Å². The molecule has 0 spiro atoms. The first-order valence-corrected chi connectivity index (χ1v) is 7.22. The first kappa shape index (κ1) is 15.9. The van der Waals surface area contributed by atoms with Crippen molar-refractivity contribution in [1.29, 1.82) is 0 Å². The first-order chi connectivity index (χ1) is 9.82. The minimum absolute atomic E-state index is 0.0525. The molecule has 0 N–H and O–H groups in total. The molecule has 0 saturated heterocycles. The molecule has 0 unspecified atom stereocenters. The summed E-state index contributed by atoms with van der Waals surface area (Å²) in [5.41, 5.74) is -0.516. The normalized spacial score (nSPS) is 22.9. The predicted octanol–water partition coefficient (Wildman–Crippen LogP) is 4.53. The van der Waals surface area contributed by atoms with Gasteiger partial charge in [-0.3, -0.25) is 4.79 Å². The van der Waals surface area contributed by atoms with Crippen LogP contribution in [-0.4, -0.2) is 19.4 Å². The lowest BCUT2D eigenvalue weighted by Crippen LogP contribution is -2.36. The lowest BCUT2D eigenvalue weighted by molar-refractivity contribution is -0.137. The molecule has 1 aliphatic carbocycles. The number of hydrogen-bond acceptors (Lipinski definition) is 2. The fourth-order valence-electron chi connectivity index (χ4n) is 2.99. The molecular formula is C16H20F3NO. The summed E-state index contributed by atoms with van der Waals surface area (Å²) in [5, 5.41) is 0. The topological polar surface area (TPSA) is 20.3 Å². The average molecular weight is 299 g/mol. The maximum atomic E-state index is 13.2. The zero-order valence-electron chi connectivity index (χ0n) is 12.3. The SMILES string of the molecule is CC1CCC(N(C)c2ccc(C=O)cc2C(F)(F)F)CC1. The van der Waals surface area contributed by atoms with Gasteiger partial charge in [0.25, 0.3) is 0 Å². The van der Waals surface area contributed by atoms with Gasteiger partial charge in [-0.25, -0.2) is 0 Å². The van der Waals surface area contributed by atoms with Crippen molar-refractivity contribution in [2.45, 2.75) is 44.8 Å². The van der Waals surface area contributed by atoms with Crippen molar-refractivity contribution in [3.05, 3.63) is 29.3 Å². The molecule has 0 heterocycles. The zero-order valence-corrected chi connectivity index (χ0v) is 12.3. The van der Waals surface area contributed by atoms with Gasteiger partial charge in [0.05, 0.1) is 5.56 Å². The van der Waals surface area contributed by atoms with Gasteiger partial charge < -0.3 is 4.90 Å². The Labute approximate surface area is 122 Å². The van der Waals surface area contributed by atoms with Crippen molar-refractivity contribution in [2.75, 3.05) is 11.9 Å². The minimum Gasteiger partial charge on any atom is -0.371 e. The summed E-state index contributed by atoms with van der Waals surface area (Å²) in [7, 11) is 1.71. The van der Waals surface area contributed by atoms with Gasteiger partial charge in [-0.1, -0.05) is 6.92 Å². The van der Waals surface area contributed by atoms with E-state index in [1.165, 1.54) is 12.1 Å². The smallest absolute Gasteiger partial charge is 0.371 e. The molecular weight excluding hydrogens is 279 g/mol. The number of carbonyl (C=O) groups excluding carboxylic acids is 1. The Morgan fingerprint density at radius 3 is 2.33 bits per heavy atom. The third-order valence-electron chi connectivity index (χ3n) is 4.38. The van der Waals surface area contributed by atoms with Gasteiger partial charge in [-0.05, 0) is 49.8 Å². The number of halogens is 3. The Morgan fingerprint density at radius 2 is 1.81 bits per heavy atom. The van der Waals surface area contributed by atoms with Gasteiger partial charge in [0.1, 0.15) is 6.29 Å². The van der Waals surface area contributed by atoms with Crippen LogP contribution in [0.3, 0.4) is 0 Å². The highest BCUT2D eigenvalue weighted by molar-refractivity contribution is 5.77. The molecule has 1 aliphatic rings. The third kappa shape index (κ3) is 3.57. The van der Waals surface area contributed by atoms with E-state index in [2.05, 4.69) is 6.92 Å². The fourth-order valence-corrected chi connectivity index (χ4v) is 2.99. The van der Waals surface area contributed by atoms with Gasteiger partial charge in [-0.15, -0.1) is 0 Å². The number of hydrogen-bond donors (Lipinski definition) is 0. The Morgan fingerprint density at radius 1 is 1.19 bits per heavy atom. The number of anilines is 1. The molecule has 1 saturated carbocycles. The van der Waals surface area contributed by atoms with E-state index in [1.54, 1.807) is 11.9 Å². The van der Waals surface area contributed by atoms with Gasteiger partial charge in [0.2, 0.25) is 0 Å². The Balaban J connectivity index is 2.31. The highest BCUT2D eigenvalue weighted by atomic mass is 19.4. The van der Waals surface area contributed by atoms with Crippen LogP contribution in [-0.2, 0) is 6.18 Å². The van der Waals surface area contributed by atoms with E-state index in [0.717, 1.165) is 31.7 Å². The van der Waals surface area contributed by atoms with Crippen LogP contribution in [0.1, 0.15) is 48.5 Å². The van der Waals surface area contributed by atoms with E-state index in [1.807, 2.05) is 0 Å². The standard InChI is InChI=1S/C16H20F3NO/c1-11-3-6-13(7-4-11)20(2)15-8-5-12(10-21)9-14(15)16(17,18)19/h5,8-11,13H,3-4,6-7H2,1-2H3. The Hall–Kier alpha value is -1.52. The molecule has 0 atom stereocenters. The second-order valence-corrected chi connectivity index (χ2v) is 5.92. The Bertz CT molecular complexity index is 505. The van der Waals surface area contributed by atoms with Crippen LogP contribution in [0.4, 0.5) is 18.9 Å². The molecule has 0 bridgehead atoms. The van der Waals surface area contributed by atoms with Crippen molar-refractivity contribution >= 4 is 12.0 Å². The first-order valence-electron chi connectivity index (χ1n) is 7.22. The van der Waals surface area contributed by atoms with Crippen molar-refractivity contribution in [3.8, 4) is 0 Å². The monoisotopic (exact) mass is 299 g/mol. The summed E-state index contributed by atoms with van der Waals surface area (Å²) < 4.78 is 39.6. The van der Waals surface area contributed by atoms with Crippen molar-refractivity contribution in [3.63, 3.8) is 0 Å². The quantitative estimate of drug-likeness (QED) is 0.764. The van der Waals surface area contributed by atoms with Crippen LogP contribution in [0, 0.1) is 5.92 Å². The molecule has 0 aliphatic heterocycles. The van der Waals surface area contributed by atoms with Gasteiger partial charge in [-0.2, -0.15) is 13.2 Å². The van der Waals surface area contributed by atoms with Gasteiger partial charge >= 0.3 is 6.18 Å². The summed E-state index contributed by atoms with van der Waals surface area (Å²) in [6.07, 6.45) is -0.105. The minimum atomic E-state index is -4.45. The van der Waals surface area contributed by atoms with E-state index in [-0.39, 0.29) is 17.3 Å². The number of nitrogens with zero attached hydrogens (tertiary/aromatic N) is 1. The molecule has 5 heteroatoms. The predicted molar refractivity (Wildman–Crippen MR) is 76.7 cm³/mol. The molecule has 1 aromatic rings. The molecule has 116 valence electrons. The van der Waals surface area contributed by atoms with E-state index in [4.69, 9.17) is 0 Å². The van der Waals surface area contributed by atoms with Crippen LogP contribution < -0.4 is 4.90 Å². The molecule has 2 rings (SSSR count). The summed E-state index contributed by atoms with van der Waals surface area (Å²) in [5.74, 6) is 0.647. The summed E-state index contributed by atoms with van der Waals surface area (Å²) >= 11 is 0. The van der Waals surface area contributed by atoms with Crippen molar-refractivity contribution < 1.29 is 18.0 Å². The highest BCUT2D eigenvalue weighted by Crippen LogP contribution is 2.39. The summed E-state index contributed by atoms with van der Waals surface area (Å²) in [6.45, 7) is 2.18. The third-order valence-corrected chi connectivity index (χ3v) is 4.38. The second kappa shape index (κ2) is 6.08. The number of alkyl halides is 3. The molecule has 1 fully saturated rings. The van der Waals surface area contributed by atoms with Crippen molar-refractivity contribution in [1.82, 2.24) is 0 Å². The van der Waals surface area contributed by atoms with Crippen LogP contribution in [0.2, 0.25) is 0 Å². The van der Waals surface area contributed by atoms with E-state index in [0.29, 0.717) is 12.2 Å². The Kier molecular flexibility index (Phi) is 4.59. The summed E-state index contributed by atoms with van der Waals surface area (Å²) in [4.78, 5) is 12.4. The van der Waals surface area contributed by atoms with Crippen LogP contribution in [0.15, 0.2) is 18.2 Å². The van der Waals surface area contributed by atoms with E-state index in [9.17, 15) is 18.0 Å². The number of aldehydes is 1. The summed E-state index contributed by atoms with van der Waals surface area (Å²) in [6, 6.07) is 3.92. The molecule has 1 aromatic carbocycles. The van der Waals surface area contributed by atoms with Crippen LogP contribution >= 0.6 is 0 Å². The number of rotatable bonds is 3. The molecule has 0 radical (unpaired) electrons. The maximum Gasteiger partial charge on any atom is 0.418 e. The highest BCUT2D eigenvalue weighted by Gasteiger charge is 2.36. The fraction of sp³-hybridized carbons (Fsp3) is 0.562. The maximum absolute atomic E-state index is 13.2. The van der Waals surface area contributed by atoms with Crippen molar-refractivity contribution in [2.24, 2.45) is 5.92 Å². The molecule has 2 nitrogen and oxygen atoms in total. The van der Waals surface area contributed by atoms with Crippen LogP contribution in [0.25, 0.3) is 0 Å². The number of carbonyl (C=O) groups is 1. The van der Waals surface area contributed by atoms with Gasteiger partial charge in [0, 0.05) is 24.3 Å². The average Bonchev–Trinajstić information content (AvgIpc) is 2.46. The lowest BCUT2D eigenvalue weighted by Gasteiger charge is -2.36. The number of benzene rings is 1. The zero-order chi connectivity index (χ0) is 15.6. The van der Waals surface area contributed by atoms with E-state index >= 15 is 0 Å². The largest absolute Gasteiger partial charge is 0.418 e. The molecule has 0 amide bonds. The second-order valence-electron chi connectivity index (χ2n) is 5.92. The molecule has 0 aromatic heterocycles.